The summed E-state index contributed by atoms with van der Waals surface area (Å²) in [4.78, 5) is 18.7. The number of benzene rings is 1. The van der Waals surface area contributed by atoms with E-state index in [-0.39, 0.29) is 53.7 Å². The van der Waals surface area contributed by atoms with Crippen LogP contribution in [-0.4, -0.2) is 57.2 Å². The smallest absolute Gasteiger partial charge is 0.310 e. The molecule has 3 atom stereocenters. The maximum Gasteiger partial charge on any atom is 0.310 e. The molecule has 27 heavy (non-hydrogen) atoms. The molecule has 1 aliphatic heterocycles. The minimum Gasteiger partial charge on any atom is -0.469 e. The molecule has 0 saturated carbocycles. The minimum absolute atomic E-state index is 0. The molecule has 0 radical (unpaired) electrons. The number of aliphatic imine (C=N–C) groups is 1. The van der Waals surface area contributed by atoms with Crippen molar-refractivity contribution in [1.82, 2.24) is 10.2 Å². The second-order valence-corrected chi connectivity index (χ2v) is 6.48. The first-order chi connectivity index (χ1) is 12.5. The van der Waals surface area contributed by atoms with E-state index in [1.165, 1.54) is 19.2 Å². The lowest BCUT2D eigenvalue weighted by Gasteiger charge is -2.22. The Balaban J connectivity index is 0.00000364. The molecular formula is C19H29FIN3O3. The third-order valence-electron chi connectivity index (χ3n) is 4.68. The summed E-state index contributed by atoms with van der Waals surface area (Å²) in [7, 11) is 3.03. The molecule has 1 aromatic carbocycles. The number of methoxy groups -OCH3 is 2. The zero-order chi connectivity index (χ0) is 19.1. The van der Waals surface area contributed by atoms with Crippen LogP contribution in [0.1, 0.15) is 25.5 Å². The van der Waals surface area contributed by atoms with Crippen LogP contribution in [0.25, 0.3) is 0 Å². The lowest BCUT2D eigenvalue weighted by atomic mass is 9.99. The predicted molar refractivity (Wildman–Crippen MR) is 114 cm³/mol. The highest BCUT2D eigenvalue weighted by molar-refractivity contribution is 14.0. The summed E-state index contributed by atoms with van der Waals surface area (Å²) in [5, 5.41) is 3.27. The Bertz CT molecular complexity index is 627. The summed E-state index contributed by atoms with van der Waals surface area (Å²) in [6, 6.07) is 6.24. The zero-order valence-electron chi connectivity index (χ0n) is 16.3. The molecule has 0 spiro atoms. The van der Waals surface area contributed by atoms with Crippen LogP contribution in [0.15, 0.2) is 29.3 Å². The van der Waals surface area contributed by atoms with Crippen LogP contribution in [0.5, 0.6) is 0 Å². The highest BCUT2D eigenvalue weighted by atomic mass is 127. The van der Waals surface area contributed by atoms with Crippen LogP contribution in [0.4, 0.5) is 4.39 Å². The quantitative estimate of drug-likeness (QED) is 0.286. The summed E-state index contributed by atoms with van der Waals surface area (Å²) in [6.45, 7) is 6.48. The van der Waals surface area contributed by atoms with Crippen molar-refractivity contribution in [1.29, 1.82) is 0 Å². The van der Waals surface area contributed by atoms with Gasteiger partial charge < -0.3 is 19.7 Å². The molecule has 1 aromatic rings. The second kappa shape index (κ2) is 11.4. The average Bonchev–Trinajstić information content (AvgIpc) is 3.03. The maximum absolute atomic E-state index is 13.1. The zero-order valence-corrected chi connectivity index (χ0v) is 18.6. The fourth-order valence-corrected chi connectivity index (χ4v) is 3.19. The van der Waals surface area contributed by atoms with E-state index in [0.717, 1.165) is 24.6 Å². The van der Waals surface area contributed by atoms with Gasteiger partial charge in [-0.3, -0.25) is 9.79 Å². The fraction of sp³-hybridized carbons (Fsp3) is 0.579. The Morgan fingerprint density at radius 3 is 2.56 bits per heavy atom. The Kier molecular flexibility index (Phi) is 10.00. The third-order valence-corrected chi connectivity index (χ3v) is 4.68. The van der Waals surface area contributed by atoms with Gasteiger partial charge in [0.05, 0.1) is 19.6 Å². The van der Waals surface area contributed by atoms with Crippen molar-refractivity contribution in [2.75, 3.05) is 40.4 Å². The van der Waals surface area contributed by atoms with E-state index in [9.17, 15) is 9.18 Å². The normalized spacial score (nSPS) is 20.8. The number of hydrogen-bond acceptors (Lipinski definition) is 4. The van der Waals surface area contributed by atoms with Crippen molar-refractivity contribution in [2.24, 2.45) is 16.8 Å². The monoisotopic (exact) mass is 493 g/mol. The van der Waals surface area contributed by atoms with Gasteiger partial charge in [-0.15, -0.1) is 24.0 Å². The lowest BCUT2D eigenvalue weighted by Crippen LogP contribution is -2.41. The van der Waals surface area contributed by atoms with Gasteiger partial charge in [-0.25, -0.2) is 4.39 Å². The first-order valence-electron chi connectivity index (χ1n) is 8.89. The third kappa shape index (κ3) is 6.31. The molecule has 0 aromatic heterocycles. The number of hydrogen-bond donors (Lipinski definition) is 1. The average molecular weight is 493 g/mol. The second-order valence-electron chi connectivity index (χ2n) is 6.48. The van der Waals surface area contributed by atoms with Crippen molar-refractivity contribution >= 4 is 35.9 Å². The van der Waals surface area contributed by atoms with Crippen LogP contribution in [0, 0.1) is 17.7 Å². The molecule has 0 bridgehead atoms. The van der Waals surface area contributed by atoms with Crippen LogP contribution in [0.3, 0.4) is 0 Å². The number of carbonyl (C=O) groups excluding carboxylic acids is 1. The SMILES string of the molecule is CCNC(=NCC(OC)c1ccc(F)cc1)N1CC(C)C(C(=O)OC)C1.I. The van der Waals surface area contributed by atoms with Crippen molar-refractivity contribution in [3.63, 3.8) is 0 Å². The van der Waals surface area contributed by atoms with E-state index in [4.69, 9.17) is 9.47 Å². The predicted octanol–water partition coefficient (Wildman–Crippen LogP) is 2.84. The van der Waals surface area contributed by atoms with Gasteiger partial charge in [0.25, 0.3) is 0 Å². The van der Waals surface area contributed by atoms with Gasteiger partial charge >= 0.3 is 5.97 Å². The molecule has 3 unspecified atom stereocenters. The minimum atomic E-state index is -0.277. The first-order valence-corrected chi connectivity index (χ1v) is 8.89. The maximum atomic E-state index is 13.1. The molecule has 1 aliphatic rings. The number of esters is 1. The summed E-state index contributed by atoms with van der Waals surface area (Å²) in [5.74, 6) is 0.327. The van der Waals surface area contributed by atoms with Gasteiger partial charge in [-0.1, -0.05) is 19.1 Å². The van der Waals surface area contributed by atoms with E-state index >= 15 is 0 Å². The summed E-state index contributed by atoms with van der Waals surface area (Å²) >= 11 is 0. The number of guanidine groups is 1. The van der Waals surface area contributed by atoms with Crippen LogP contribution in [-0.2, 0) is 14.3 Å². The Labute approximate surface area is 177 Å². The molecule has 1 N–H and O–H groups in total. The summed E-state index contributed by atoms with van der Waals surface area (Å²) < 4.78 is 23.5. The number of halogens is 2. The van der Waals surface area contributed by atoms with E-state index < -0.39 is 0 Å². The van der Waals surface area contributed by atoms with Crippen LogP contribution >= 0.6 is 24.0 Å². The first kappa shape index (κ1) is 23.6. The highest BCUT2D eigenvalue weighted by Gasteiger charge is 2.36. The molecule has 1 fully saturated rings. The van der Waals surface area contributed by atoms with Crippen LogP contribution < -0.4 is 5.32 Å². The molecule has 6 nitrogen and oxygen atoms in total. The van der Waals surface area contributed by atoms with Gasteiger partial charge in [-0.2, -0.15) is 0 Å². The van der Waals surface area contributed by atoms with Gasteiger partial charge in [0.1, 0.15) is 11.9 Å². The lowest BCUT2D eigenvalue weighted by molar-refractivity contribution is -0.145. The van der Waals surface area contributed by atoms with Crippen LogP contribution in [0.2, 0.25) is 0 Å². The van der Waals surface area contributed by atoms with E-state index in [0.29, 0.717) is 13.1 Å². The fourth-order valence-electron chi connectivity index (χ4n) is 3.19. The topological polar surface area (TPSA) is 63.2 Å². The largest absolute Gasteiger partial charge is 0.469 e. The van der Waals surface area contributed by atoms with E-state index in [1.54, 1.807) is 19.2 Å². The molecule has 0 amide bonds. The Morgan fingerprint density at radius 1 is 1.33 bits per heavy atom. The van der Waals surface area contributed by atoms with Gasteiger partial charge in [-0.05, 0) is 30.5 Å². The Morgan fingerprint density at radius 2 is 2.00 bits per heavy atom. The Hall–Kier alpha value is -1.42. The summed E-state index contributed by atoms with van der Waals surface area (Å²) in [5.41, 5.74) is 0.871. The number of likely N-dealkylation sites (tertiary alicyclic amines) is 1. The van der Waals surface area contributed by atoms with Gasteiger partial charge in [0.2, 0.25) is 0 Å². The van der Waals surface area contributed by atoms with Crippen molar-refractivity contribution < 1.29 is 18.7 Å². The molecule has 2 rings (SSSR count). The van der Waals surface area contributed by atoms with E-state index in [2.05, 4.69) is 15.2 Å². The van der Waals surface area contributed by atoms with Crippen molar-refractivity contribution in [3.8, 4) is 0 Å². The van der Waals surface area contributed by atoms with Gasteiger partial charge in [0, 0.05) is 26.7 Å². The number of ether oxygens (including phenoxy) is 2. The molecule has 1 saturated heterocycles. The van der Waals surface area contributed by atoms with E-state index in [1.807, 2.05) is 13.8 Å². The van der Waals surface area contributed by atoms with Crippen molar-refractivity contribution in [2.45, 2.75) is 20.0 Å². The molecule has 8 heteroatoms. The summed E-state index contributed by atoms with van der Waals surface area (Å²) in [6.07, 6.45) is -0.263. The van der Waals surface area contributed by atoms with Crippen molar-refractivity contribution in [3.05, 3.63) is 35.6 Å². The highest BCUT2D eigenvalue weighted by Crippen LogP contribution is 2.24. The number of rotatable bonds is 6. The molecule has 152 valence electrons. The van der Waals surface area contributed by atoms with Gasteiger partial charge in [0.15, 0.2) is 5.96 Å². The molecule has 1 heterocycles. The number of nitrogens with zero attached hydrogens (tertiary/aromatic N) is 2. The number of carbonyl (C=O) groups is 1. The molecule has 0 aliphatic carbocycles. The molecular weight excluding hydrogens is 464 g/mol. The standard InChI is InChI=1S/C19H28FN3O3.HI/c1-5-21-19(23-11-13(2)16(12-23)18(24)26-4)22-10-17(25-3)14-6-8-15(20)9-7-14;/h6-9,13,16-17H,5,10-12H2,1-4H3,(H,21,22);1H. The number of nitrogens with one attached hydrogen (secondary N) is 1.